The molecule has 0 atom stereocenters. The van der Waals surface area contributed by atoms with Crippen LogP contribution in [0.2, 0.25) is 10.0 Å². The number of carbonyl (C=O) groups excluding carboxylic acids is 1. The molecule has 1 N–H and O–H groups in total. The molecule has 1 fully saturated rings. The largest absolute Gasteiger partial charge is 0.309 e. The van der Waals surface area contributed by atoms with E-state index in [0.717, 1.165) is 28.9 Å². The van der Waals surface area contributed by atoms with Crippen molar-refractivity contribution in [3.63, 3.8) is 0 Å². The molecule has 9 heteroatoms. The minimum Gasteiger partial charge on any atom is -0.309 e. The minimum atomic E-state index is -0.613. The van der Waals surface area contributed by atoms with E-state index in [1.165, 1.54) is 19.0 Å². The molecule has 7 nitrogen and oxygen atoms in total. The van der Waals surface area contributed by atoms with E-state index >= 15 is 0 Å². The van der Waals surface area contributed by atoms with Crippen LogP contribution in [0, 0.1) is 0 Å². The van der Waals surface area contributed by atoms with E-state index < -0.39 is 11.5 Å². The Balaban J connectivity index is 1.61. The first-order valence-corrected chi connectivity index (χ1v) is 10.1. The Morgan fingerprint density at radius 2 is 1.90 bits per heavy atom. The SMILES string of the molecule is O=C(Cn1ncc(Cl)c(Cl)c1=O)Nc1cc(C2CCCC2)nn1-c1ccccc1. The van der Waals surface area contributed by atoms with Gasteiger partial charge in [-0.1, -0.05) is 54.2 Å². The molecule has 0 unspecified atom stereocenters. The highest BCUT2D eigenvalue weighted by molar-refractivity contribution is 6.41. The average Bonchev–Trinajstić information content (AvgIpc) is 3.39. The summed E-state index contributed by atoms with van der Waals surface area (Å²) in [6.07, 6.45) is 5.82. The van der Waals surface area contributed by atoms with E-state index in [-0.39, 0.29) is 16.6 Å². The molecular formula is C20H19Cl2N5O2. The number of nitrogens with one attached hydrogen (secondary N) is 1. The molecular weight excluding hydrogens is 413 g/mol. The van der Waals surface area contributed by atoms with Gasteiger partial charge in [0.05, 0.1) is 22.6 Å². The normalized spacial score (nSPS) is 14.3. The average molecular weight is 432 g/mol. The molecule has 150 valence electrons. The van der Waals surface area contributed by atoms with Crippen LogP contribution in [0.3, 0.4) is 0 Å². The van der Waals surface area contributed by atoms with Gasteiger partial charge in [0.1, 0.15) is 17.4 Å². The van der Waals surface area contributed by atoms with Crippen LogP contribution in [0.4, 0.5) is 5.82 Å². The molecule has 1 aliphatic rings. The van der Waals surface area contributed by atoms with Crippen LogP contribution < -0.4 is 10.9 Å². The zero-order chi connectivity index (χ0) is 20.4. The Bertz CT molecular complexity index is 1090. The van der Waals surface area contributed by atoms with Crippen molar-refractivity contribution < 1.29 is 4.79 Å². The Hall–Kier alpha value is -2.64. The van der Waals surface area contributed by atoms with Crippen LogP contribution in [-0.4, -0.2) is 25.5 Å². The molecule has 3 aromatic rings. The summed E-state index contributed by atoms with van der Waals surface area (Å²) in [6.45, 7) is -0.283. The monoisotopic (exact) mass is 431 g/mol. The van der Waals surface area contributed by atoms with Crippen molar-refractivity contribution in [1.82, 2.24) is 19.6 Å². The number of anilines is 1. The molecule has 1 amide bonds. The molecule has 0 radical (unpaired) electrons. The first kappa shape index (κ1) is 19.7. The molecule has 1 aromatic carbocycles. The molecule has 0 saturated heterocycles. The lowest BCUT2D eigenvalue weighted by atomic mass is 10.0. The number of hydrogen-bond donors (Lipinski definition) is 1. The topological polar surface area (TPSA) is 81.8 Å². The summed E-state index contributed by atoms with van der Waals surface area (Å²) in [7, 11) is 0. The number of para-hydroxylation sites is 1. The van der Waals surface area contributed by atoms with Crippen molar-refractivity contribution in [2.75, 3.05) is 5.32 Å². The maximum absolute atomic E-state index is 12.6. The van der Waals surface area contributed by atoms with E-state index in [4.69, 9.17) is 28.3 Å². The minimum absolute atomic E-state index is 0.0525. The van der Waals surface area contributed by atoms with Gasteiger partial charge in [-0.05, 0) is 25.0 Å². The predicted octanol–water partition coefficient (Wildman–Crippen LogP) is 4.03. The second-order valence-electron chi connectivity index (χ2n) is 7.00. The van der Waals surface area contributed by atoms with Crippen molar-refractivity contribution in [3.05, 3.63) is 68.7 Å². The second kappa shape index (κ2) is 8.39. The van der Waals surface area contributed by atoms with Crippen LogP contribution in [0.15, 0.2) is 47.4 Å². The van der Waals surface area contributed by atoms with Crippen molar-refractivity contribution >= 4 is 34.9 Å². The third-order valence-electron chi connectivity index (χ3n) is 5.01. The third kappa shape index (κ3) is 4.21. The highest BCUT2D eigenvalue weighted by Gasteiger charge is 2.22. The smallest absolute Gasteiger partial charge is 0.287 e. The van der Waals surface area contributed by atoms with Crippen LogP contribution in [0.25, 0.3) is 5.69 Å². The number of rotatable bonds is 5. The Labute approximate surface area is 177 Å². The zero-order valence-electron chi connectivity index (χ0n) is 15.5. The molecule has 0 bridgehead atoms. The van der Waals surface area contributed by atoms with Gasteiger partial charge in [0.2, 0.25) is 5.91 Å². The zero-order valence-corrected chi connectivity index (χ0v) is 17.0. The Kier molecular flexibility index (Phi) is 5.69. The van der Waals surface area contributed by atoms with Crippen molar-refractivity contribution in [3.8, 4) is 5.69 Å². The summed E-state index contributed by atoms with van der Waals surface area (Å²) in [5, 5.41) is 11.4. The quantitative estimate of drug-likeness (QED) is 0.660. The van der Waals surface area contributed by atoms with Crippen LogP contribution in [-0.2, 0) is 11.3 Å². The van der Waals surface area contributed by atoms with E-state index in [2.05, 4.69) is 10.4 Å². The maximum Gasteiger partial charge on any atom is 0.287 e. The fraction of sp³-hybridized carbons (Fsp3) is 0.300. The summed E-state index contributed by atoms with van der Waals surface area (Å²) < 4.78 is 2.70. The number of hydrogen-bond acceptors (Lipinski definition) is 4. The highest BCUT2D eigenvalue weighted by Crippen LogP contribution is 2.35. The third-order valence-corrected chi connectivity index (χ3v) is 5.75. The van der Waals surface area contributed by atoms with Gasteiger partial charge in [0.15, 0.2) is 0 Å². The van der Waals surface area contributed by atoms with Gasteiger partial charge in [-0.3, -0.25) is 9.59 Å². The van der Waals surface area contributed by atoms with Gasteiger partial charge in [-0.15, -0.1) is 0 Å². The molecule has 2 heterocycles. The van der Waals surface area contributed by atoms with Gasteiger partial charge in [-0.2, -0.15) is 10.2 Å². The molecule has 2 aromatic heterocycles. The fourth-order valence-electron chi connectivity index (χ4n) is 3.55. The van der Waals surface area contributed by atoms with Crippen molar-refractivity contribution in [1.29, 1.82) is 0 Å². The summed E-state index contributed by atoms with van der Waals surface area (Å²) in [5.41, 5.74) is 1.20. The number of amides is 1. The van der Waals surface area contributed by atoms with Gasteiger partial charge in [0.25, 0.3) is 5.56 Å². The molecule has 0 spiro atoms. The van der Waals surface area contributed by atoms with Gasteiger partial charge >= 0.3 is 0 Å². The van der Waals surface area contributed by atoms with Gasteiger partial charge in [-0.25, -0.2) is 9.36 Å². The van der Waals surface area contributed by atoms with Gasteiger partial charge < -0.3 is 5.32 Å². The number of benzene rings is 1. The first-order chi connectivity index (χ1) is 14.0. The van der Waals surface area contributed by atoms with E-state index in [1.54, 1.807) is 4.68 Å². The maximum atomic E-state index is 12.6. The van der Waals surface area contributed by atoms with Crippen molar-refractivity contribution in [2.45, 2.75) is 38.1 Å². The fourth-order valence-corrected chi connectivity index (χ4v) is 3.82. The van der Waals surface area contributed by atoms with Gasteiger partial charge in [0, 0.05) is 12.0 Å². The van der Waals surface area contributed by atoms with E-state index in [1.807, 2.05) is 36.4 Å². The lowest BCUT2D eigenvalue weighted by Gasteiger charge is -2.09. The lowest BCUT2D eigenvalue weighted by molar-refractivity contribution is -0.117. The number of halogens is 2. The Morgan fingerprint density at radius 1 is 1.17 bits per heavy atom. The van der Waals surface area contributed by atoms with E-state index in [9.17, 15) is 9.59 Å². The predicted molar refractivity (Wildman–Crippen MR) is 112 cm³/mol. The van der Waals surface area contributed by atoms with Crippen molar-refractivity contribution in [2.24, 2.45) is 0 Å². The summed E-state index contributed by atoms with van der Waals surface area (Å²) in [4.78, 5) is 24.7. The molecule has 1 aliphatic carbocycles. The van der Waals surface area contributed by atoms with E-state index in [0.29, 0.717) is 11.7 Å². The number of carbonyl (C=O) groups is 1. The summed E-state index contributed by atoms with van der Waals surface area (Å²) in [6, 6.07) is 11.5. The number of nitrogens with zero attached hydrogens (tertiary/aromatic N) is 4. The summed E-state index contributed by atoms with van der Waals surface area (Å²) in [5.74, 6) is 0.541. The first-order valence-electron chi connectivity index (χ1n) is 9.39. The lowest BCUT2D eigenvalue weighted by Crippen LogP contribution is -2.30. The molecule has 0 aliphatic heterocycles. The van der Waals surface area contributed by atoms with Crippen LogP contribution >= 0.6 is 23.2 Å². The number of aromatic nitrogens is 4. The summed E-state index contributed by atoms with van der Waals surface area (Å²) >= 11 is 11.6. The molecule has 4 rings (SSSR count). The second-order valence-corrected chi connectivity index (χ2v) is 7.79. The molecule has 29 heavy (non-hydrogen) atoms. The highest BCUT2D eigenvalue weighted by atomic mass is 35.5. The Morgan fingerprint density at radius 3 is 2.62 bits per heavy atom. The van der Waals surface area contributed by atoms with Crippen LogP contribution in [0.5, 0.6) is 0 Å². The van der Waals surface area contributed by atoms with Crippen LogP contribution in [0.1, 0.15) is 37.3 Å². The molecule has 1 saturated carbocycles. The standard InChI is InChI=1S/C20H19Cl2N5O2/c21-15-11-23-26(20(29)19(15)22)12-18(28)24-17-10-16(13-6-4-5-7-13)25-27(17)14-8-2-1-3-9-14/h1-3,8-11,13H,4-7,12H2,(H,24,28).